The standard InChI is InChI=1S/C23H25FN4O2S/c1-2-17-3-5-18(6-4-17)23-25-21(30-26-23)15-31-16-22(29)28-13-11-27(12-14-28)20-9-7-19(24)8-10-20/h3-10H,2,11-16H2,1H3. The molecule has 0 bridgehead atoms. The molecule has 3 aromatic rings. The zero-order chi connectivity index (χ0) is 21.6. The summed E-state index contributed by atoms with van der Waals surface area (Å²) < 4.78 is 18.4. The number of carbonyl (C=O) groups excluding carboxylic acids is 1. The number of benzene rings is 2. The summed E-state index contributed by atoms with van der Waals surface area (Å²) in [5.74, 6) is 1.84. The number of hydrogen-bond acceptors (Lipinski definition) is 6. The van der Waals surface area contributed by atoms with Crippen molar-refractivity contribution in [3.05, 3.63) is 65.8 Å². The number of piperazine rings is 1. The van der Waals surface area contributed by atoms with Crippen LogP contribution in [0.3, 0.4) is 0 Å². The van der Waals surface area contributed by atoms with Crippen molar-refractivity contribution in [2.24, 2.45) is 0 Å². The second-order valence-corrected chi connectivity index (χ2v) is 8.38. The van der Waals surface area contributed by atoms with E-state index in [0.717, 1.165) is 30.8 Å². The molecule has 4 rings (SSSR count). The lowest BCUT2D eigenvalue weighted by Gasteiger charge is -2.36. The molecule has 2 aromatic carbocycles. The number of aryl methyl sites for hydroxylation is 1. The van der Waals surface area contributed by atoms with Gasteiger partial charge in [0.05, 0.1) is 11.5 Å². The molecule has 1 aromatic heterocycles. The predicted octanol–water partition coefficient (Wildman–Crippen LogP) is 4.02. The molecule has 0 unspecified atom stereocenters. The summed E-state index contributed by atoms with van der Waals surface area (Å²) in [6.07, 6.45) is 0.990. The highest BCUT2D eigenvalue weighted by molar-refractivity contribution is 7.99. The van der Waals surface area contributed by atoms with E-state index in [-0.39, 0.29) is 11.7 Å². The maximum atomic E-state index is 13.1. The first-order chi connectivity index (χ1) is 15.1. The predicted molar refractivity (Wildman–Crippen MR) is 120 cm³/mol. The molecule has 8 heteroatoms. The van der Waals surface area contributed by atoms with Gasteiger partial charge in [0.25, 0.3) is 0 Å². The van der Waals surface area contributed by atoms with Crippen LogP contribution in [-0.4, -0.2) is 52.9 Å². The first-order valence-corrected chi connectivity index (χ1v) is 11.6. The minimum atomic E-state index is -0.239. The number of hydrogen-bond donors (Lipinski definition) is 0. The molecule has 0 aliphatic carbocycles. The van der Waals surface area contributed by atoms with Crippen LogP contribution in [0.1, 0.15) is 18.4 Å². The lowest BCUT2D eigenvalue weighted by atomic mass is 10.1. The number of halogens is 1. The molecule has 31 heavy (non-hydrogen) atoms. The van der Waals surface area contributed by atoms with Gasteiger partial charge in [-0.1, -0.05) is 36.3 Å². The molecule has 1 fully saturated rings. The van der Waals surface area contributed by atoms with Gasteiger partial charge in [-0.2, -0.15) is 4.98 Å². The molecule has 6 nitrogen and oxygen atoms in total. The van der Waals surface area contributed by atoms with Crippen LogP contribution in [0.2, 0.25) is 0 Å². The van der Waals surface area contributed by atoms with Crippen LogP contribution in [0.4, 0.5) is 10.1 Å². The van der Waals surface area contributed by atoms with E-state index >= 15 is 0 Å². The maximum Gasteiger partial charge on any atom is 0.236 e. The van der Waals surface area contributed by atoms with Crippen molar-refractivity contribution < 1.29 is 13.7 Å². The van der Waals surface area contributed by atoms with Crippen molar-refractivity contribution in [1.82, 2.24) is 15.0 Å². The Morgan fingerprint density at radius 2 is 1.77 bits per heavy atom. The monoisotopic (exact) mass is 440 g/mol. The zero-order valence-electron chi connectivity index (χ0n) is 17.5. The molecule has 162 valence electrons. The molecular weight excluding hydrogens is 415 g/mol. The molecule has 0 spiro atoms. The van der Waals surface area contributed by atoms with Crippen LogP contribution in [0.25, 0.3) is 11.4 Å². The SMILES string of the molecule is CCc1ccc(-c2noc(CSCC(=O)N3CCN(c4ccc(F)cc4)CC3)n2)cc1. The first-order valence-electron chi connectivity index (χ1n) is 10.4. The fraction of sp³-hybridized carbons (Fsp3) is 0.348. The van der Waals surface area contributed by atoms with Crippen LogP contribution < -0.4 is 4.90 Å². The number of nitrogens with zero attached hydrogens (tertiary/aromatic N) is 4. The van der Waals surface area contributed by atoms with Crippen molar-refractivity contribution in [2.75, 3.05) is 36.8 Å². The summed E-state index contributed by atoms with van der Waals surface area (Å²) in [7, 11) is 0. The third kappa shape index (κ3) is 5.44. The summed E-state index contributed by atoms with van der Waals surface area (Å²) in [5, 5.41) is 4.05. The Morgan fingerprint density at radius 3 is 2.45 bits per heavy atom. The van der Waals surface area contributed by atoms with Crippen LogP contribution in [-0.2, 0) is 17.0 Å². The van der Waals surface area contributed by atoms with E-state index < -0.39 is 0 Å². The topological polar surface area (TPSA) is 62.5 Å². The van der Waals surface area contributed by atoms with Gasteiger partial charge in [-0.25, -0.2) is 4.39 Å². The second kappa shape index (κ2) is 9.96. The number of anilines is 1. The lowest BCUT2D eigenvalue weighted by molar-refractivity contribution is -0.128. The highest BCUT2D eigenvalue weighted by Crippen LogP contribution is 2.20. The van der Waals surface area contributed by atoms with Gasteiger partial charge in [0.1, 0.15) is 5.82 Å². The van der Waals surface area contributed by atoms with Crippen LogP contribution in [0, 0.1) is 5.82 Å². The van der Waals surface area contributed by atoms with Gasteiger partial charge in [0.2, 0.25) is 17.6 Å². The maximum absolute atomic E-state index is 13.1. The van der Waals surface area contributed by atoms with Crippen molar-refractivity contribution in [3.63, 3.8) is 0 Å². The first kappa shape index (κ1) is 21.4. The van der Waals surface area contributed by atoms with Gasteiger partial charge in [0.15, 0.2) is 0 Å². The summed E-state index contributed by atoms with van der Waals surface area (Å²) in [5.41, 5.74) is 3.17. The Balaban J connectivity index is 1.22. The number of aromatic nitrogens is 2. The Labute approximate surface area is 185 Å². The van der Waals surface area contributed by atoms with Gasteiger partial charge in [-0.3, -0.25) is 4.79 Å². The molecule has 2 heterocycles. The highest BCUT2D eigenvalue weighted by Gasteiger charge is 2.21. The normalized spacial score (nSPS) is 14.1. The van der Waals surface area contributed by atoms with Crippen molar-refractivity contribution in [1.29, 1.82) is 0 Å². The number of thioether (sulfide) groups is 1. The van der Waals surface area contributed by atoms with E-state index in [9.17, 15) is 9.18 Å². The van der Waals surface area contributed by atoms with Crippen molar-refractivity contribution >= 4 is 23.4 Å². The summed E-state index contributed by atoms with van der Waals surface area (Å²) in [4.78, 5) is 21.0. The third-order valence-electron chi connectivity index (χ3n) is 5.36. The van der Waals surface area contributed by atoms with E-state index in [2.05, 4.69) is 34.1 Å². The van der Waals surface area contributed by atoms with Crippen LogP contribution in [0.5, 0.6) is 0 Å². The Kier molecular flexibility index (Phi) is 6.86. The van der Waals surface area contributed by atoms with E-state index in [1.165, 1.54) is 29.5 Å². The Morgan fingerprint density at radius 1 is 1.06 bits per heavy atom. The van der Waals surface area contributed by atoms with Crippen LogP contribution in [0.15, 0.2) is 53.1 Å². The molecule has 0 saturated carbocycles. The minimum absolute atomic E-state index is 0.110. The number of amides is 1. The van der Waals surface area contributed by atoms with Gasteiger partial charge >= 0.3 is 0 Å². The van der Waals surface area contributed by atoms with Gasteiger partial charge < -0.3 is 14.3 Å². The van der Waals surface area contributed by atoms with Crippen LogP contribution >= 0.6 is 11.8 Å². The van der Waals surface area contributed by atoms with Crippen molar-refractivity contribution in [3.8, 4) is 11.4 Å². The Bertz CT molecular complexity index is 999. The van der Waals surface area contributed by atoms with E-state index in [4.69, 9.17) is 4.52 Å². The molecule has 0 N–H and O–H groups in total. The molecule has 0 atom stereocenters. The molecule has 1 aliphatic rings. The largest absolute Gasteiger partial charge is 0.368 e. The summed E-state index contributed by atoms with van der Waals surface area (Å²) in [6, 6.07) is 14.6. The minimum Gasteiger partial charge on any atom is -0.368 e. The highest BCUT2D eigenvalue weighted by atomic mass is 32.2. The van der Waals surface area contributed by atoms with Gasteiger partial charge in [0, 0.05) is 37.4 Å². The second-order valence-electron chi connectivity index (χ2n) is 7.40. The van der Waals surface area contributed by atoms with E-state index in [0.29, 0.717) is 36.3 Å². The Hall–Kier alpha value is -2.87. The molecule has 1 amide bonds. The third-order valence-corrected chi connectivity index (χ3v) is 6.27. The smallest absolute Gasteiger partial charge is 0.236 e. The van der Waals surface area contributed by atoms with E-state index in [1.807, 2.05) is 17.0 Å². The van der Waals surface area contributed by atoms with Gasteiger partial charge in [-0.15, -0.1) is 11.8 Å². The lowest BCUT2D eigenvalue weighted by Crippen LogP contribution is -2.49. The summed E-state index contributed by atoms with van der Waals surface area (Å²) >= 11 is 1.48. The average molecular weight is 441 g/mol. The zero-order valence-corrected chi connectivity index (χ0v) is 18.3. The number of carbonyl (C=O) groups is 1. The number of rotatable bonds is 7. The van der Waals surface area contributed by atoms with Crippen molar-refractivity contribution in [2.45, 2.75) is 19.1 Å². The summed E-state index contributed by atoms with van der Waals surface area (Å²) in [6.45, 7) is 4.92. The molecule has 0 radical (unpaired) electrons. The quantitative estimate of drug-likeness (QED) is 0.553. The molecular formula is C23H25FN4O2S. The van der Waals surface area contributed by atoms with Gasteiger partial charge in [-0.05, 0) is 36.2 Å². The average Bonchev–Trinajstić information content (AvgIpc) is 3.28. The fourth-order valence-electron chi connectivity index (χ4n) is 3.50. The molecule has 1 saturated heterocycles. The molecule has 1 aliphatic heterocycles. The fourth-order valence-corrected chi connectivity index (χ4v) is 4.25. The van der Waals surface area contributed by atoms with E-state index in [1.54, 1.807) is 12.1 Å².